The van der Waals surface area contributed by atoms with E-state index in [0.29, 0.717) is 48.7 Å². The van der Waals surface area contributed by atoms with Gasteiger partial charge in [0.15, 0.2) is 5.84 Å². The van der Waals surface area contributed by atoms with Crippen LogP contribution in [0.25, 0.3) is 0 Å². The number of nitrogens with one attached hydrogen (secondary N) is 2. The summed E-state index contributed by atoms with van der Waals surface area (Å²) in [5.74, 6) is -0.491. The number of carbonyl (C=O) groups excluding carboxylic acids is 2. The number of hydrogen-bond donors (Lipinski definition) is 2. The lowest BCUT2D eigenvalue weighted by Gasteiger charge is -2.33. The molecule has 1 atom stereocenters. The highest BCUT2D eigenvalue weighted by atomic mass is 32.2. The van der Waals surface area contributed by atoms with Gasteiger partial charge in [-0.1, -0.05) is 30.3 Å². The summed E-state index contributed by atoms with van der Waals surface area (Å²) in [5, 5.41) is 5.59. The number of amides is 2. The first-order chi connectivity index (χ1) is 15.4. The summed E-state index contributed by atoms with van der Waals surface area (Å²) in [4.78, 5) is 27.5. The van der Waals surface area contributed by atoms with Gasteiger partial charge in [-0.3, -0.25) is 9.59 Å². The van der Waals surface area contributed by atoms with E-state index in [4.69, 9.17) is 0 Å². The largest absolute Gasteiger partial charge is 0.355 e. The SMILES string of the molecule is C=CCNC(=O)c1ccccc1NC(=O)[C@H]1CCCN(C2=NS(=O)(=O)c3ccccc32)C1. The molecule has 0 aromatic heterocycles. The van der Waals surface area contributed by atoms with Gasteiger partial charge in [0, 0.05) is 25.2 Å². The number of likely N-dealkylation sites (tertiary alicyclic amines) is 1. The van der Waals surface area contributed by atoms with E-state index in [1.54, 1.807) is 54.6 Å². The summed E-state index contributed by atoms with van der Waals surface area (Å²) in [6.45, 7) is 4.87. The zero-order valence-electron chi connectivity index (χ0n) is 17.5. The first-order valence-corrected chi connectivity index (χ1v) is 11.8. The number of carbonyl (C=O) groups is 2. The number of fused-ring (bicyclic) bond motifs is 1. The number of nitrogens with zero attached hydrogens (tertiary/aromatic N) is 2. The maximum Gasteiger partial charge on any atom is 0.285 e. The minimum atomic E-state index is -3.72. The Morgan fingerprint density at radius 1 is 1.16 bits per heavy atom. The predicted octanol–water partition coefficient (Wildman–Crippen LogP) is 2.40. The topological polar surface area (TPSA) is 108 Å². The molecule has 2 N–H and O–H groups in total. The fourth-order valence-corrected chi connectivity index (χ4v) is 5.21. The van der Waals surface area contributed by atoms with E-state index in [0.717, 1.165) is 6.42 Å². The molecule has 9 heteroatoms. The van der Waals surface area contributed by atoms with E-state index >= 15 is 0 Å². The number of benzene rings is 2. The van der Waals surface area contributed by atoms with E-state index in [-0.39, 0.29) is 22.6 Å². The number of amidine groups is 1. The number of para-hydroxylation sites is 1. The number of rotatable bonds is 5. The molecule has 2 amide bonds. The van der Waals surface area contributed by atoms with Crippen LogP contribution in [0.4, 0.5) is 5.69 Å². The standard InChI is InChI=1S/C23H24N4O4S/c1-2-13-24-23(29)17-9-3-5-11-19(17)25-22(28)16-8-7-14-27(15-16)21-18-10-4-6-12-20(18)32(30,31)26-21/h2-6,9-12,16H,1,7-8,13-15H2,(H,24,29)(H,25,28)/t16-/m0/s1. The molecule has 0 radical (unpaired) electrons. The van der Waals surface area contributed by atoms with Crippen molar-refractivity contribution in [3.8, 4) is 0 Å². The molecule has 0 unspecified atom stereocenters. The summed E-state index contributed by atoms with van der Waals surface area (Å²) >= 11 is 0. The van der Waals surface area contributed by atoms with Crippen LogP contribution in [0.2, 0.25) is 0 Å². The molecule has 0 bridgehead atoms. The van der Waals surface area contributed by atoms with Gasteiger partial charge in [0.2, 0.25) is 5.91 Å². The first-order valence-electron chi connectivity index (χ1n) is 10.4. The van der Waals surface area contributed by atoms with Crippen LogP contribution >= 0.6 is 0 Å². The zero-order chi connectivity index (χ0) is 22.7. The molecule has 0 saturated carbocycles. The van der Waals surface area contributed by atoms with Crippen LogP contribution < -0.4 is 10.6 Å². The van der Waals surface area contributed by atoms with Crippen LogP contribution in [0.5, 0.6) is 0 Å². The summed E-state index contributed by atoms with van der Waals surface area (Å²) in [7, 11) is -3.72. The second-order valence-corrected chi connectivity index (χ2v) is 9.28. The predicted molar refractivity (Wildman–Crippen MR) is 122 cm³/mol. The van der Waals surface area contributed by atoms with Gasteiger partial charge in [-0.05, 0) is 37.1 Å². The Hall–Kier alpha value is -3.46. The zero-order valence-corrected chi connectivity index (χ0v) is 18.3. The van der Waals surface area contributed by atoms with Gasteiger partial charge in [-0.25, -0.2) is 0 Å². The summed E-state index contributed by atoms with van der Waals surface area (Å²) in [6, 6.07) is 13.5. The monoisotopic (exact) mass is 452 g/mol. The Kier molecular flexibility index (Phi) is 6.09. The third-order valence-corrected chi connectivity index (χ3v) is 6.87. The molecule has 0 spiro atoms. The molecule has 32 heavy (non-hydrogen) atoms. The average molecular weight is 453 g/mol. The highest BCUT2D eigenvalue weighted by molar-refractivity contribution is 7.90. The van der Waals surface area contributed by atoms with Crippen LogP contribution in [-0.2, 0) is 14.8 Å². The maximum atomic E-state index is 13.0. The minimum Gasteiger partial charge on any atom is -0.355 e. The van der Waals surface area contributed by atoms with Crippen LogP contribution in [0.1, 0.15) is 28.8 Å². The maximum absolute atomic E-state index is 13.0. The number of anilines is 1. The molecule has 2 aromatic rings. The lowest BCUT2D eigenvalue weighted by Crippen LogP contribution is -2.43. The summed E-state index contributed by atoms with van der Waals surface area (Å²) in [5.41, 5.74) is 1.37. The molecule has 0 aliphatic carbocycles. The van der Waals surface area contributed by atoms with Gasteiger partial charge in [0.1, 0.15) is 4.90 Å². The molecule has 2 aliphatic rings. The minimum absolute atomic E-state index is 0.195. The third-order valence-electron chi connectivity index (χ3n) is 5.54. The molecular weight excluding hydrogens is 428 g/mol. The van der Waals surface area contributed by atoms with Crippen molar-refractivity contribution in [3.63, 3.8) is 0 Å². The van der Waals surface area contributed by atoms with Crippen LogP contribution in [0.15, 0.2) is 70.5 Å². The van der Waals surface area contributed by atoms with Crippen molar-refractivity contribution in [1.82, 2.24) is 10.2 Å². The quantitative estimate of drug-likeness (QED) is 0.678. The lowest BCUT2D eigenvalue weighted by atomic mass is 9.96. The van der Waals surface area contributed by atoms with Crippen molar-refractivity contribution in [2.24, 2.45) is 10.3 Å². The smallest absolute Gasteiger partial charge is 0.285 e. The second-order valence-electron chi connectivity index (χ2n) is 7.70. The lowest BCUT2D eigenvalue weighted by molar-refractivity contribution is -0.121. The molecule has 8 nitrogen and oxygen atoms in total. The van der Waals surface area contributed by atoms with Crippen molar-refractivity contribution >= 4 is 33.4 Å². The molecule has 166 valence electrons. The van der Waals surface area contributed by atoms with Gasteiger partial charge < -0.3 is 15.5 Å². The Bertz CT molecular complexity index is 1210. The Balaban J connectivity index is 1.50. The Labute approximate surface area is 187 Å². The van der Waals surface area contributed by atoms with Crippen molar-refractivity contribution in [2.45, 2.75) is 17.7 Å². The molecule has 1 fully saturated rings. The van der Waals surface area contributed by atoms with E-state index in [1.165, 1.54) is 0 Å². The fraction of sp³-hybridized carbons (Fsp3) is 0.261. The van der Waals surface area contributed by atoms with E-state index < -0.39 is 10.0 Å². The van der Waals surface area contributed by atoms with Crippen molar-refractivity contribution < 1.29 is 18.0 Å². The molecule has 2 aliphatic heterocycles. The fourth-order valence-electron chi connectivity index (χ4n) is 3.99. The van der Waals surface area contributed by atoms with E-state index in [1.807, 2.05) is 4.90 Å². The van der Waals surface area contributed by atoms with Crippen LogP contribution in [0, 0.1) is 5.92 Å². The van der Waals surface area contributed by atoms with Gasteiger partial charge in [0.05, 0.1) is 17.2 Å². The molecule has 2 aromatic carbocycles. The molecular formula is C23H24N4O4S. The van der Waals surface area contributed by atoms with Crippen LogP contribution in [-0.4, -0.2) is 50.6 Å². The number of sulfonamides is 1. The number of hydrogen-bond acceptors (Lipinski definition) is 5. The second kappa shape index (κ2) is 8.96. The molecule has 4 rings (SSSR count). The number of piperidine rings is 1. The third kappa shape index (κ3) is 4.29. The molecule has 1 saturated heterocycles. The normalized spacial score (nSPS) is 18.9. The molecule has 2 heterocycles. The van der Waals surface area contributed by atoms with Gasteiger partial charge >= 0.3 is 0 Å². The van der Waals surface area contributed by atoms with Gasteiger partial charge in [-0.15, -0.1) is 11.0 Å². The van der Waals surface area contributed by atoms with Crippen LogP contribution in [0.3, 0.4) is 0 Å². The van der Waals surface area contributed by atoms with E-state index in [9.17, 15) is 18.0 Å². The Morgan fingerprint density at radius 3 is 2.72 bits per heavy atom. The van der Waals surface area contributed by atoms with Gasteiger partial charge in [-0.2, -0.15) is 8.42 Å². The van der Waals surface area contributed by atoms with Crippen molar-refractivity contribution in [3.05, 3.63) is 72.3 Å². The first kappa shape index (κ1) is 21.8. The van der Waals surface area contributed by atoms with Crippen molar-refractivity contribution in [2.75, 3.05) is 25.0 Å². The summed E-state index contributed by atoms with van der Waals surface area (Å²) < 4.78 is 28.8. The average Bonchev–Trinajstić information content (AvgIpc) is 3.09. The van der Waals surface area contributed by atoms with Crippen molar-refractivity contribution in [1.29, 1.82) is 0 Å². The highest BCUT2D eigenvalue weighted by Crippen LogP contribution is 2.30. The van der Waals surface area contributed by atoms with E-state index in [2.05, 4.69) is 21.6 Å². The Morgan fingerprint density at radius 2 is 1.91 bits per heavy atom. The van der Waals surface area contributed by atoms with Gasteiger partial charge in [0.25, 0.3) is 15.9 Å². The summed E-state index contributed by atoms with van der Waals surface area (Å²) in [6.07, 6.45) is 2.97. The highest BCUT2D eigenvalue weighted by Gasteiger charge is 2.35.